The van der Waals surface area contributed by atoms with Crippen LogP contribution in [0.5, 0.6) is 5.75 Å². The number of benzene rings is 1. The molecule has 0 bridgehead atoms. The van der Waals surface area contributed by atoms with Gasteiger partial charge in [0.2, 0.25) is 5.78 Å². The van der Waals surface area contributed by atoms with Crippen LogP contribution in [0.15, 0.2) is 23.6 Å². The highest BCUT2D eigenvalue weighted by atomic mass is 32.1. The van der Waals surface area contributed by atoms with E-state index in [-0.39, 0.29) is 11.8 Å². The summed E-state index contributed by atoms with van der Waals surface area (Å²) in [7, 11) is 0. The van der Waals surface area contributed by atoms with Gasteiger partial charge in [-0.05, 0) is 18.6 Å². The fraction of sp³-hybridized carbons (Fsp3) is 0.286. The van der Waals surface area contributed by atoms with Crippen LogP contribution in [-0.2, 0) is 6.42 Å². The van der Waals surface area contributed by atoms with Crippen LogP contribution >= 0.6 is 11.3 Å². The second-order valence-corrected chi connectivity index (χ2v) is 5.47. The van der Waals surface area contributed by atoms with Crippen LogP contribution in [-0.4, -0.2) is 17.4 Å². The molecule has 5 heteroatoms. The van der Waals surface area contributed by atoms with Gasteiger partial charge in [-0.2, -0.15) is 0 Å². The van der Waals surface area contributed by atoms with Crippen molar-refractivity contribution in [3.63, 3.8) is 0 Å². The number of rotatable bonds is 3. The Hall–Kier alpha value is -1.72. The molecule has 1 aliphatic heterocycles. The van der Waals surface area contributed by atoms with Crippen molar-refractivity contribution >= 4 is 17.1 Å². The SMILES string of the molecule is CC(N)c1nc(C(=O)c2cccc3c2OCC3)cs1. The summed E-state index contributed by atoms with van der Waals surface area (Å²) in [5, 5.41) is 2.53. The fourth-order valence-corrected chi connectivity index (χ4v) is 2.89. The van der Waals surface area contributed by atoms with Crippen molar-refractivity contribution in [3.05, 3.63) is 45.4 Å². The molecule has 2 aromatic rings. The van der Waals surface area contributed by atoms with Gasteiger partial charge in [-0.3, -0.25) is 4.79 Å². The van der Waals surface area contributed by atoms with Crippen molar-refractivity contribution in [2.24, 2.45) is 5.73 Å². The lowest BCUT2D eigenvalue weighted by Gasteiger charge is -2.05. The van der Waals surface area contributed by atoms with E-state index in [4.69, 9.17) is 10.5 Å². The summed E-state index contributed by atoms with van der Waals surface area (Å²) in [5.74, 6) is 0.616. The lowest BCUT2D eigenvalue weighted by atomic mass is 10.0. The maximum atomic E-state index is 12.5. The van der Waals surface area contributed by atoms with E-state index in [0.717, 1.165) is 17.0 Å². The Morgan fingerprint density at radius 2 is 2.37 bits per heavy atom. The number of thiazole rings is 1. The van der Waals surface area contributed by atoms with Gasteiger partial charge in [-0.1, -0.05) is 12.1 Å². The number of carbonyl (C=O) groups excluding carboxylic acids is 1. The lowest BCUT2D eigenvalue weighted by molar-refractivity contribution is 0.103. The number of ether oxygens (including phenoxy) is 1. The second-order valence-electron chi connectivity index (χ2n) is 4.58. The van der Waals surface area contributed by atoms with Crippen LogP contribution in [0.4, 0.5) is 0 Å². The summed E-state index contributed by atoms with van der Waals surface area (Å²) in [6, 6.07) is 5.52. The molecule has 1 aliphatic rings. The smallest absolute Gasteiger partial charge is 0.215 e. The summed E-state index contributed by atoms with van der Waals surface area (Å²) in [5.41, 5.74) is 7.90. The van der Waals surface area contributed by atoms with Gasteiger partial charge >= 0.3 is 0 Å². The van der Waals surface area contributed by atoms with Gasteiger partial charge in [-0.25, -0.2) is 4.98 Å². The minimum absolute atomic E-state index is 0.0955. The molecule has 1 atom stereocenters. The van der Waals surface area contributed by atoms with E-state index < -0.39 is 0 Å². The quantitative estimate of drug-likeness (QED) is 0.872. The van der Waals surface area contributed by atoms with Crippen LogP contribution in [0.25, 0.3) is 0 Å². The fourth-order valence-electron chi connectivity index (χ4n) is 2.13. The number of nitrogens with zero attached hydrogens (tertiary/aromatic N) is 1. The first-order valence-electron chi connectivity index (χ1n) is 6.17. The first-order valence-corrected chi connectivity index (χ1v) is 7.05. The number of hydrogen-bond donors (Lipinski definition) is 1. The maximum absolute atomic E-state index is 12.5. The van der Waals surface area contributed by atoms with Crippen LogP contribution in [0.2, 0.25) is 0 Å². The highest BCUT2D eigenvalue weighted by molar-refractivity contribution is 7.09. The van der Waals surface area contributed by atoms with E-state index >= 15 is 0 Å². The van der Waals surface area contributed by atoms with E-state index in [1.54, 1.807) is 11.4 Å². The van der Waals surface area contributed by atoms with Crippen molar-refractivity contribution < 1.29 is 9.53 Å². The largest absolute Gasteiger partial charge is 0.492 e. The predicted octanol–water partition coefficient (Wildman–Crippen LogP) is 2.33. The Morgan fingerprint density at radius 1 is 1.53 bits per heavy atom. The summed E-state index contributed by atoms with van der Waals surface area (Å²) in [4.78, 5) is 16.8. The minimum Gasteiger partial charge on any atom is -0.492 e. The van der Waals surface area contributed by atoms with Gasteiger partial charge < -0.3 is 10.5 Å². The van der Waals surface area contributed by atoms with Gasteiger partial charge in [0.1, 0.15) is 16.5 Å². The molecule has 0 amide bonds. The normalized spacial score (nSPS) is 14.8. The Balaban J connectivity index is 1.98. The summed E-state index contributed by atoms with van der Waals surface area (Å²) < 4.78 is 5.56. The summed E-state index contributed by atoms with van der Waals surface area (Å²) >= 11 is 1.42. The third-order valence-corrected chi connectivity index (χ3v) is 4.15. The van der Waals surface area contributed by atoms with Gasteiger partial charge in [0.15, 0.2) is 0 Å². The second kappa shape index (κ2) is 4.75. The number of nitrogens with two attached hydrogens (primary N) is 1. The average molecular weight is 274 g/mol. The molecule has 0 spiro atoms. The molecule has 0 saturated heterocycles. The molecule has 19 heavy (non-hydrogen) atoms. The molecule has 3 rings (SSSR count). The Bertz CT molecular complexity index is 634. The van der Waals surface area contributed by atoms with E-state index in [9.17, 15) is 4.79 Å². The molecule has 0 saturated carbocycles. The minimum atomic E-state index is -0.149. The molecule has 0 fully saturated rings. The molecule has 2 N–H and O–H groups in total. The molecule has 0 radical (unpaired) electrons. The molecular formula is C14H14N2O2S. The lowest BCUT2D eigenvalue weighted by Crippen LogP contribution is -2.07. The number of carbonyl (C=O) groups is 1. The molecular weight excluding hydrogens is 260 g/mol. The van der Waals surface area contributed by atoms with Crippen molar-refractivity contribution in [2.75, 3.05) is 6.61 Å². The van der Waals surface area contributed by atoms with Gasteiger partial charge in [0, 0.05) is 11.8 Å². The zero-order chi connectivity index (χ0) is 13.4. The number of para-hydroxylation sites is 1. The molecule has 1 aromatic carbocycles. The highest BCUT2D eigenvalue weighted by Crippen LogP contribution is 2.31. The zero-order valence-corrected chi connectivity index (χ0v) is 11.4. The van der Waals surface area contributed by atoms with E-state index in [1.165, 1.54) is 11.3 Å². The molecule has 0 aliphatic carbocycles. The first kappa shape index (κ1) is 12.3. The van der Waals surface area contributed by atoms with E-state index in [0.29, 0.717) is 23.6 Å². The Labute approximate surface area is 115 Å². The highest BCUT2D eigenvalue weighted by Gasteiger charge is 2.23. The number of aromatic nitrogens is 1. The van der Waals surface area contributed by atoms with E-state index in [2.05, 4.69) is 4.98 Å². The van der Waals surface area contributed by atoms with Crippen molar-refractivity contribution in [1.82, 2.24) is 4.98 Å². The number of fused-ring (bicyclic) bond motifs is 1. The topological polar surface area (TPSA) is 65.2 Å². The van der Waals surface area contributed by atoms with Crippen LogP contribution in [0.3, 0.4) is 0 Å². The number of ketones is 1. The monoisotopic (exact) mass is 274 g/mol. The third-order valence-electron chi connectivity index (χ3n) is 3.10. The average Bonchev–Trinajstić information content (AvgIpc) is 3.06. The van der Waals surface area contributed by atoms with Gasteiger partial charge in [0.25, 0.3) is 0 Å². The van der Waals surface area contributed by atoms with Crippen molar-refractivity contribution in [2.45, 2.75) is 19.4 Å². The van der Waals surface area contributed by atoms with Crippen LogP contribution < -0.4 is 10.5 Å². The third kappa shape index (κ3) is 2.15. The van der Waals surface area contributed by atoms with E-state index in [1.807, 2.05) is 19.1 Å². The van der Waals surface area contributed by atoms with Crippen molar-refractivity contribution in [3.8, 4) is 5.75 Å². The van der Waals surface area contributed by atoms with Crippen LogP contribution in [0.1, 0.15) is 39.6 Å². The predicted molar refractivity (Wildman–Crippen MR) is 73.8 cm³/mol. The first-order chi connectivity index (χ1) is 9.16. The number of hydrogen-bond acceptors (Lipinski definition) is 5. The molecule has 1 unspecified atom stereocenters. The Morgan fingerprint density at radius 3 is 3.11 bits per heavy atom. The van der Waals surface area contributed by atoms with Gasteiger partial charge in [0.05, 0.1) is 18.2 Å². The molecule has 4 nitrogen and oxygen atoms in total. The van der Waals surface area contributed by atoms with Crippen molar-refractivity contribution in [1.29, 1.82) is 0 Å². The van der Waals surface area contributed by atoms with Gasteiger partial charge in [-0.15, -0.1) is 11.3 Å². The Kier molecular flexibility index (Phi) is 3.08. The van der Waals surface area contributed by atoms with Crippen LogP contribution in [0, 0.1) is 0 Å². The standard InChI is InChI=1S/C14H14N2O2S/c1-8(15)14-16-11(7-19-14)12(17)10-4-2-3-9-5-6-18-13(9)10/h2-4,7-8H,5-6,15H2,1H3. The summed E-state index contributed by atoms with van der Waals surface area (Å²) in [6.45, 7) is 2.50. The molecule has 98 valence electrons. The summed E-state index contributed by atoms with van der Waals surface area (Å²) in [6.07, 6.45) is 0.860. The zero-order valence-electron chi connectivity index (χ0n) is 10.6. The molecule has 1 aromatic heterocycles. The maximum Gasteiger partial charge on any atom is 0.215 e. The molecule has 2 heterocycles.